The molecule has 1 aliphatic heterocycles. The maximum absolute atomic E-state index is 14.8. The van der Waals surface area contributed by atoms with Gasteiger partial charge in [0.05, 0.1) is 18.7 Å². The van der Waals surface area contributed by atoms with Crippen molar-refractivity contribution in [2.24, 2.45) is 0 Å². The first kappa shape index (κ1) is 26.6. The van der Waals surface area contributed by atoms with Crippen molar-refractivity contribution in [3.8, 4) is 0 Å². The smallest absolute Gasteiger partial charge is 0.350 e. The number of carbonyl (C=O) groups is 1. The van der Waals surface area contributed by atoms with Gasteiger partial charge in [-0.05, 0) is 45.0 Å². The fourth-order valence-corrected chi connectivity index (χ4v) is 3.88. The molecule has 2 rings (SSSR count). The molecule has 0 aliphatic carbocycles. The molecule has 1 aliphatic rings. The van der Waals surface area contributed by atoms with Crippen LogP contribution < -0.4 is 5.69 Å². The zero-order valence-electron chi connectivity index (χ0n) is 19.9. The van der Waals surface area contributed by atoms with Crippen LogP contribution in [0, 0.1) is 0 Å². The summed E-state index contributed by atoms with van der Waals surface area (Å²) in [4.78, 5) is 28.1. The highest BCUT2D eigenvalue weighted by Crippen LogP contribution is 2.43. The Kier molecular flexibility index (Phi) is 7.40. The molecule has 1 N–H and O–H groups in total. The van der Waals surface area contributed by atoms with Gasteiger partial charge in [-0.1, -0.05) is 20.8 Å². The molecule has 1 aromatic rings. The zero-order chi connectivity index (χ0) is 24.7. The van der Waals surface area contributed by atoms with E-state index in [4.69, 9.17) is 13.9 Å². The number of aliphatic hydroxyl groups excluding tert-OH is 1. The summed E-state index contributed by atoms with van der Waals surface area (Å²) in [6, 6.07) is 1.27. The molecule has 32 heavy (non-hydrogen) atoms. The second kappa shape index (κ2) is 8.92. The Morgan fingerprint density at radius 3 is 2.38 bits per heavy atom. The lowest BCUT2D eigenvalue weighted by atomic mass is 10.1. The lowest BCUT2D eigenvalue weighted by Gasteiger charge is -2.37. The summed E-state index contributed by atoms with van der Waals surface area (Å²) in [5, 5.41) is 10.0. The van der Waals surface area contributed by atoms with Gasteiger partial charge < -0.3 is 19.0 Å². The van der Waals surface area contributed by atoms with Crippen molar-refractivity contribution >= 4 is 14.3 Å². The number of aromatic nitrogens is 2. The van der Waals surface area contributed by atoms with Crippen molar-refractivity contribution in [1.29, 1.82) is 0 Å². The highest BCUT2D eigenvalue weighted by Gasteiger charge is 2.60. The summed E-state index contributed by atoms with van der Waals surface area (Å²) in [5.74, 6) is -4.33. The van der Waals surface area contributed by atoms with Gasteiger partial charge in [0.15, 0.2) is 14.4 Å². The maximum atomic E-state index is 14.8. The molecule has 0 unspecified atom stereocenters. The van der Waals surface area contributed by atoms with Crippen molar-refractivity contribution in [3.05, 3.63) is 28.4 Å². The van der Waals surface area contributed by atoms with E-state index in [1.807, 2.05) is 33.9 Å². The van der Waals surface area contributed by atoms with Gasteiger partial charge in [0.1, 0.15) is 11.7 Å². The highest BCUT2D eigenvalue weighted by molar-refractivity contribution is 6.74. The number of hydrogen-bond acceptors (Lipinski definition) is 7. The average Bonchev–Trinajstić information content (AvgIpc) is 2.81. The molecule has 8 nitrogen and oxygen atoms in total. The summed E-state index contributed by atoms with van der Waals surface area (Å²) in [5.41, 5.74) is -1.64. The summed E-state index contributed by atoms with van der Waals surface area (Å²) < 4.78 is 46.7. The average molecular weight is 477 g/mol. The number of nitrogens with zero attached hydrogens (tertiary/aromatic N) is 2. The second-order valence-corrected chi connectivity index (χ2v) is 15.4. The normalized spacial score (nSPS) is 23.9. The first-order valence-electron chi connectivity index (χ1n) is 10.5. The fraction of sp³-hybridized carbons (Fsp3) is 0.762. The van der Waals surface area contributed by atoms with Crippen molar-refractivity contribution < 1.29 is 32.6 Å². The quantitative estimate of drug-likeness (QED) is 0.498. The van der Waals surface area contributed by atoms with Gasteiger partial charge in [0, 0.05) is 6.20 Å². The van der Waals surface area contributed by atoms with Crippen LogP contribution in [0.4, 0.5) is 8.78 Å². The van der Waals surface area contributed by atoms with Crippen LogP contribution >= 0.6 is 0 Å². The Labute approximate surface area is 188 Å². The Hall–Kier alpha value is -1.69. The molecule has 1 fully saturated rings. The fourth-order valence-electron chi connectivity index (χ4n) is 2.86. The molecule has 0 radical (unpaired) electrons. The monoisotopic (exact) mass is 476 g/mol. The molecule has 2 heterocycles. The predicted octanol–water partition coefficient (Wildman–Crippen LogP) is 3.04. The first-order chi connectivity index (χ1) is 14.3. The van der Waals surface area contributed by atoms with Crippen molar-refractivity contribution in [2.45, 2.75) is 96.1 Å². The van der Waals surface area contributed by atoms with E-state index < -0.39 is 49.9 Å². The summed E-state index contributed by atoms with van der Waals surface area (Å²) >= 11 is 0. The minimum Gasteiger partial charge on any atom is -0.460 e. The molecule has 0 bridgehead atoms. The Balaban J connectivity index is 2.17. The van der Waals surface area contributed by atoms with Crippen molar-refractivity contribution in [3.63, 3.8) is 0 Å². The van der Waals surface area contributed by atoms with Crippen molar-refractivity contribution in [2.75, 3.05) is 6.61 Å². The second-order valence-electron chi connectivity index (χ2n) is 10.6. The van der Waals surface area contributed by atoms with Crippen LogP contribution in [0.1, 0.15) is 53.5 Å². The van der Waals surface area contributed by atoms with Gasteiger partial charge in [-0.2, -0.15) is 13.8 Å². The lowest BCUT2D eigenvalue weighted by molar-refractivity contribution is -0.154. The van der Waals surface area contributed by atoms with E-state index in [0.717, 1.165) is 6.20 Å². The summed E-state index contributed by atoms with van der Waals surface area (Å²) in [6.45, 7) is 14.8. The third-order valence-electron chi connectivity index (χ3n) is 5.68. The van der Waals surface area contributed by atoms with Gasteiger partial charge in [0.25, 0.3) is 0 Å². The molecule has 0 aromatic carbocycles. The number of rotatable bonds is 6. The highest BCUT2D eigenvalue weighted by atomic mass is 28.4. The third-order valence-corrected chi connectivity index (χ3v) is 10.2. The van der Waals surface area contributed by atoms with Gasteiger partial charge in [-0.25, -0.2) is 4.79 Å². The lowest BCUT2D eigenvalue weighted by Crippen LogP contribution is -2.45. The van der Waals surface area contributed by atoms with Gasteiger partial charge in [-0.3, -0.25) is 9.36 Å². The molecule has 0 spiro atoms. The van der Waals surface area contributed by atoms with Crippen LogP contribution in [0.5, 0.6) is 0 Å². The molecule has 182 valence electrons. The number of carbonyl (C=O) groups excluding carboxylic acids is 1. The minimum absolute atomic E-state index is 0.0835. The van der Waals surface area contributed by atoms with Crippen LogP contribution in [0.3, 0.4) is 0 Å². The summed E-state index contributed by atoms with van der Waals surface area (Å²) in [6.07, 6.45) is -4.69. The molecule has 3 atom stereocenters. The van der Waals surface area contributed by atoms with Crippen LogP contribution in [-0.2, 0) is 25.1 Å². The number of esters is 1. The van der Waals surface area contributed by atoms with E-state index in [1.165, 1.54) is 6.07 Å². The molecule has 1 saturated heterocycles. The van der Waals surface area contributed by atoms with E-state index in [-0.39, 0.29) is 23.8 Å². The molecule has 1 aromatic heterocycles. The van der Waals surface area contributed by atoms with Gasteiger partial charge in [-0.15, -0.1) is 0 Å². The molecule has 0 amide bonds. The largest absolute Gasteiger partial charge is 0.460 e. The SMILES string of the molecule is CC(C)(C)OC(=O)Cc1ccn([C@@H]2O[C@H](CO[Si](C)(C)C(C)(C)C)[C@@H](O)C2(F)F)c(=O)n1. The van der Waals surface area contributed by atoms with E-state index >= 15 is 0 Å². The molecular formula is C21H34F2N2O6Si. The van der Waals surface area contributed by atoms with Crippen molar-refractivity contribution in [1.82, 2.24) is 9.55 Å². The zero-order valence-corrected chi connectivity index (χ0v) is 20.9. The van der Waals surface area contributed by atoms with E-state index in [1.54, 1.807) is 20.8 Å². The molecule has 0 saturated carbocycles. The number of hydrogen-bond donors (Lipinski definition) is 1. The van der Waals surface area contributed by atoms with Crippen LogP contribution in [0.25, 0.3) is 0 Å². The summed E-state index contributed by atoms with van der Waals surface area (Å²) in [7, 11) is -2.26. The van der Waals surface area contributed by atoms with Crippen LogP contribution in [0.2, 0.25) is 18.1 Å². The topological polar surface area (TPSA) is 99.9 Å². The minimum atomic E-state index is -3.74. The standard InChI is InChI=1S/C21H34F2N2O6Si/c1-19(2,3)31-15(26)11-13-9-10-25(18(28)24-13)17-21(22,23)16(27)14(30-17)12-29-32(7,8)20(4,5)6/h9-10,14,16-17,27H,11-12H2,1-8H3/t14-,16-,17-/m1/s1. The van der Waals surface area contributed by atoms with Gasteiger partial charge in [0.2, 0.25) is 6.23 Å². The first-order valence-corrected chi connectivity index (χ1v) is 13.4. The van der Waals surface area contributed by atoms with E-state index in [0.29, 0.717) is 4.57 Å². The molecular weight excluding hydrogens is 442 g/mol. The van der Waals surface area contributed by atoms with Gasteiger partial charge >= 0.3 is 17.6 Å². The maximum Gasteiger partial charge on any atom is 0.350 e. The van der Waals surface area contributed by atoms with E-state index in [2.05, 4.69) is 4.98 Å². The third kappa shape index (κ3) is 6.00. The van der Waals surface area contributed by atoms with Crippen LogP contribution in [-0.4, -0.2) is 59.3 Å². The number of aliphatic hydroxyl groups is 1. The number of halogens is 2. The van der Waals surface area contributed by atoms with Crippen LogP contribution in [0.15, 0.2) is 17.1 Å². The Morgan fingerprint density at radius 2 is 1.88 bits per heavy atom. The predicted molar refractivity (Wildman–Crippen MR) is 116 cm³/mol. The number of alkyl halides is 2. The molecule has 11 heteroatoms. The number of ether oxygens (including phenoxy) is 2. The van der Waals surface area contributed by atoms with E-state index in [9.17, 15) is 23.5 Å². The Morgan fingerprint density at radius 1 is 1.28 bits per heavy atom. The Bertz CT molecular complexity index is 892.